The number of hydrogen-bond donors (Lipinski definition) is 1. The second kappa shape index (κ2) is 7.91. The first kappa shape index (κ1) is 15.7. The Kier molecular flexibility index (Phi) is 5.90. The SMILES string of the molecule is CCNCc1ccc(OC)c(OCc2ccccc2Cl)c1. The van der Waals surface area contributed by atoms with Gasteiger partial charge in [-0.1, -0.05) is 42.8 Å². The van der Waals surface area contributed by atoms with Crippen LogP contribution in [0.15, 0.2) is 42.5 Å². The van der Waals surface area contributed by atoms with Crippen LogP contribution >= 0.6 is 11.6 Å². The second-order valence-corrected chi connectivity index (χ2v) is 5.05. The molecule has 0 amide bonds. The Bertz CT molecular complexity index is 587. The lowest BCUT2D eigenvalue weighted by Gasteiger charge is -2.13. The van der Waals surface area contributed by atoms with Crippen LogP contribution < -0.4 is 14.8 Å². The van der Waals surface area contributed by atoms with Crippen molar-refractivity contribution in [2.45, 2.75) is 20.1 Å². The van der Waals surface area contributed by atoms with Gasteiger partial charge in [0.2, 0.25) is 0 Å². The average molecular weight is 306 g/mol. The largest absolute Gasteiger partial charge is 0.493 e. The minimum atomic E-state index is 0.417. The highest BCUT2D eigenvalue weighted by Gasteiger charge is 2.07. The molecule has 3 nitrogen and oxygen atoms in total. The number of ether oxygens (including phenoxy) is 2. The summed E-state index contributed by atoms with van der Waals surface area (Å²) in [6, 6.07) is 13.6. The summed E-state index contributed by atoms with van der Waals surface area (Å²) in [4.78, 5) is 0. The molecular weight excluding hydrogens is 286 g/mol. The Labute approximate surface area is 130 Å². The molecule has 0 aliphatic carbocycles. The molecule has 0 bridgehead atoms. The number of benzene rings is 2. The molecule has 0 saturated carbocycles. The highest BCUT2D eigenvalue weighted by atomic mass is 35.5. The fourth-order valence-corrected chi connectivity index (χ4v) is 2.17. The molecule has 0 aliphatic rings. The van der Waals surface area contributed by atoms with E-state index in [1.807, 2.05) is 42.5 Å². The minimum Gasteiger partial charge on any atom is -0.493 e. The normalized spacial score (nSPS) is 10.4. The van der Waals surface area contributed by atoms with Crippen LogP contribution in [0.4, 0.5) is 0 Å². The number of hydrogen-bond acceptors (Lipinski definition) is 3. The van der Waals surface area contributed by atoms with Gasteiger partial charge in [0.1, 0.15) is 6.61 Å². The van der Waals surface area contributed by atoms with Gasteiger partial charge in [0.25, 0.3) is 0 Å². The van der Waals surface area contributed by atoms with Crippen LogP contribution in [0.2, 0.25) is 5.02 Å². The summed E-state index contributed by atoms with van der Waals surface area (Å²) in [5.74, 6) is 1.45. The van der Waals surface area contributed by atoms with Crippen molar-refractivity contribution in [1.82, 2.24) is 5.32 Å². The molecule has 0 aliphatic heterocycles. The molecule has 21 heavy (non-hydrogen) atoms. The Morgan fingerprint density at radius 2 is 1.90 bits per heavy atom. The zero-order valence-corrected chi connectivity index (χ0v) is 13.1. The molecule has 0 heterocycles. The molecular formula is C17H20ClNO2. The van der Waals surface area contributed by atoms with Crippen molar-refractivity contribution >= 4 is 11.6 Å². The van der Waals surface area contributed by atoms with E-state index in [-0.39, 0.29) is 0 Å². The van der Waals surface area contributed by atoms with E-state index in [4.69, 9.17) is 21.1 Å². The zero-order valence-electron chi connectivity index (χ0n) is 12.4. The van der Waals surface area contributed by atoms with E-state index in [0.717, 1.165) is 35.7 Å². The fourth-order valence-electron chi connectivity index (χ4n) is 1.98. The van der Waals surface area contributed by atoms with Gasteiger partial charge >= 0.3 is 0 Å². The lowest BCUT2D eigenvalue weighted by Crippen LogP contribution is -2.11. The lowest BCUT2D eigenvalue weighted by atomic mass is 10.2. The molecule has 0 radical (unpaired) electrons. The van der Waals surface area contributed by atoms with Crippen LogP contribution in [0.3, 0.4) is 0 Å². The van der Waals surface area contributed by atoms with E-state index >= 15 is 0 Å². The summed E-state index contributed by atoms with van der Waals surface area (Å²) in [5, 5.41) is 4.00. The van der Waals surface area contributed by atoms with Gasteiger partial charge in [-0.25, -0.2) is 0 Å². The predicted octanol–water partition coefficient (Wildman–Crippen LogP) is 4.04. The summed E-state index contributed by atoms with van der Waals surface area (Å²) in [5.41, 5.74) is 2.12. The summed E-state index contributed by atoms with van der Waals surface area (Å²) in [6.45, 7) is 4.24. The van der Waals surface area contributed by atoms with Crippen LogP contribution in [0.25, 0.3) is 0 Å². The van der Waals surface area contributed by atoms with Crippen molar-refractivity contribution < 1.29 is 9.47 Å². The quantitative estimate of drug-likeness (QED) is 0.837. The van der Waals surface area contributed by atoms with E-state index in [0.29, 0.717) is 11.6 Å². The van der Waals surface area contributed by atoms with Crippen molar-refractivity contribution in [2.75, 3.05) is 13.7 Å². The predicted molar refractivity (Wildman–Crippen MR) is 86.2 cm³/mol. The first-order chi connectivity index (χ1) is 10.2. The first-order valence-corrected chi connectivity index (χ1v) is 7.36. The number of methoxy groups -OCH3 is 1. The molecule has 112 valence electrons. The summed E-state index contributed by atoms with van der Waals surface area (Å²) < 4.78 is 11.2. The topological polar surface area (TPSA) is 30.5 Å². The Balaban J connectivity index is 2.12. The van der Waals surface area contributed by atoms with Gasteiger partial charge in [-0.15, -0.1) is 0 Å². The minimum absolute atomic E-state index is 0.417. The number of nitrogens with one attached hydrogen (secondary N) is 1. The van der Waals surface area contributed by atoms with Gasteiger partial charge in [0.05, 0.1) is 7.11 Å². The van der Waals surface area contributed by atoms with E-state index in [1.165, 1.54) is 0 Å². The fraction of sp³-hybridized carbons (Fsp3) is 0.294. The standard InChI is InChI=1S/C17H20ClNO2/c1-3-19-11-13-8-9-16(20-2)17(10-13)21-12-14-6-4-5-7-15(14)18/h4-10,19H,3,11-12H2,1-2H3. The van der Waals surface area contributed by atoms with Crippen molar-refractivity contribution in [1.29, 1.82) is 0 Å². The maximum Gasteiger partial charge on any atom is 0.161 e. The van der Waals surface area contributed by atoms with Crippen LogP contribution in [0, 0.1) is 0 Å². The Morgan fingerprint density at radius 1 is 1.10 bits per heavy atom. The van der Waals surface area contributed by atoms with E-state index < -0.39 is 0 Å². The maximum atomic E-state index is 6.14. The van der Waals surface area contributed by atoms with Gasteiger partial charge in [-0.2, -0.15) is 0 Å². The number of halogens is 1. The smallest absolute Gasteiger partial charge is 0.161 e. The van der Waals surface area contributed by atoms with Gasteiger partial charge in [0.15, 0.2) is 11.5 Å². The van der Waals surface area contributed by atoms with Gasteiger partial charge in [-0.05, 0) is 30.3 Å². The number of rotatable bonds is 7. The third-order valence-electron chi connectivity index (χ3n) is 3.15. The van der Waals surface area contributed by atoms with E-state index in [1.54, 1.807) is 7.11 Å². The molecule has 4 heteroatoms. The van der Waals surface area contributed by atoms with Gasteiger partial charge in [0, 0.05) is 17.1 Å². The zero-order chi connectivity index (χ0) is 15.1. The van der Waals surface area contributed by atoms with E-state index in [9.17, 15) is 0 Å². The third-order valence-corrected chi connectivity index (χ3v) is 3.52. The van der Waals surface area contributed by atoms with Crippen molar-refractivity contribution in [3.05, 3.63) is 58.6 Å². The molecule has 2 aromatic rings. The molecule has 0 unspecified atom stereocenters. The Hall–Kier alpha value is -1.71. The molecule has 0 saturated heterocycles. The summed E-state index contributed by atoms with van der Waals surface area (Å²) >= 11 is 6.14. The summed E-state index contributed by atoms with van der Waals surface area (Å²) in [6.07, 6.45) is 0. The summed E-state index contributed by atoms with van der Waals surface area (Å²) in [7, 11) is 1.64. The molecule has 2 aromatic carbocycles. The first-order valence-electron chi connectivity index (χ1n) is 6.98. The monoisotopic (exact) mass is 305 g/mol. The van der Waals surface area contributed by atoms with Crippen LogP contribution in [0.1, 0.15) is 18.1 Å². The van der Waals surface area contributed by atoms with Crippen LogP contribution in [-0.4, -0.2) is 13.7 Å². The van der Waals surface area contributed by atoms with Crippen molar-refractivity contribution in [3.8, 4) is 11.5 Å². The van der Waals surface area contributed by atoms with Gasteiger partial charge < -0.3 is 14.8 Å². The molecule has 1 N–H and O–H groups in total. The molecule has 0 fully saturated rings. The third kappa shape index (κ3) is 4.38. The Morgan fingerprint density at radius 3 is 2.62 bits per heavy atom. The van der Waals surface area contributed by atoms with Crippen molar-refractivity contribution in [2.24, 2.45) is 0 Å². The highest BCUT2D eigenvalue weighted by molar-refractivity contribution is 6.31. The molecule has 2 rings (SSSR count). The lowest BCUT2D eigenvalue weighted by molar-refractivity contribution is 0.284. The highest BCUT2D eigenvalue weighted by Crippen LogP contribution is 2.29. The van der Waals surface area contributed by atoms with Crippen LogP contribution in [0.5, 0.6) is 11.5 Å². The molecule has 0 spiro atoms. The molecule has 0 aromatic heterocycles. The maximum absolute atomic E-state index is 6.14. The van der Waals surface area contributed by atoms with Gasteiger partial charge in [-0.3, -0.25) is 0 Å². The molecule has 0 atom stereocenters. The van der Waals surface area contributed by atoms with Crippen molar-refractivity contribution in [3.63, 3.8) is 0 Å². The van der Waals surface area contributed by atoms with E-state index in [2.05, 4.69) is 12.2 Å². The second-order valence-electron chi connectivity index (χ2n) is 4.65. The average Bonchev–Trinajstić information content (AvgIpc) is 2.52. The van der Waals surface area contributed by atoms with Crippen LogP contribution in [-0.2, 0) is 13.2 Å².